The molecule has 84 valence electrons. The van der Waals surface area contributed by atoms with Gasteiger partial charge in [0.05, 0.1) is 0 Å². The standard InChI is InChI=1S/C10H7BrCl2N2O/c1-2-5-8(12)14-10(15-9(5)13)6-3-4-7(11)16-6/h3-4H,2H2,1H3. The van der Waals surface area contributed by atoms with E-state index in [1.165, 1.54) is 0 Å². The Kier molecular flexibility index (Phi) is 3.52. The fourth-order valence-electron chi connectivity index (χ4n) is 1.27. The van der Waals surface area contributed by atoms with E-state index in [9.17, 15) is 0 Å². The van der Waals surface area contributed by atoms with Crippen molar-refractivity contribution in [3.63, 3.8) is 0 Å². The number of hydrogen-bond donors (Lipinski definition) is 0. The van der Waals surface area contributed by atoms with Crippen LogP contribution in [-0.4, -0.2) is 9.97 Å². The molecule has 0 aliphatic rings. The molecule has 0 saturated heterocycles. The van der Waals surface area contributed by atoms with Crippen molar-refractivity contribution in [1.29, 1.82) is 0 Å². The summed E-state index contributed by atoms with van der Waals surface area (Å²) in [5.74, 6) is 0.913. The topological polar surface area (TPSA) is 38.9 Å². The lowest BCUT2D eigenvalue weighted by atomic mass is 10.2. The van der Waals surface area contributed by atoms with Crippen molar-refractivity contribution in [2.75, 3.05) is 0 Å². The van der Waals surface area contributed by atoms with Crippen LogP contribution in [0, 0.1) is 0 Å². The van der Waals surface area contributed by atoms with Crippen LogP contribution in [0.25, 0.3) is 11.6 Å². The number of halogens is 3. The Hall–Kier alpha value is -0.580. The van der Waals surface area contributed by atoms with E-state index in [1.807, 2.05) is 6.92 Å². The smallest absolute Gasteiger partial charge is 0.198 e. The maximum absolute atomic E-state index is 6.00. The molecule has 16 heavy (non-hydrogen) atoms. The van der Waals surface area contributed by atoms with Gasteiger partial charge in [0.2, 0.25) is 0 Å². The third-order valence-corrected chi connectivity index (χ3v) is 3.10. The highest BCUT2D eigenvalue weighted by Crippen LogP contribution is 2.28. The van der Waals surface area contributed by atoms with Gasteiger partial charge in [0.25, 0.3) is 0 Å². The zero-order chi connectivity index (χ0) is 11.7. The molecule has 0 atom stereocenters. The van der Waals surface area contributed by atoms with Gasteiger partial charge in [-0.1, -0.05) is 30.1 Å². The van der Waals surface area contributed by atoms with Gasteiger partial charge in [0.1, 0.15) is 10.3 Å². The fourth-order valence-corrected chi connectivity index (χ4v) is 2.23. The second-order valence-corrected chi connectivity index (χ2v) is 4.56. The first-order chi connectivity index (χ1) is 7.61. The highest BCUT2D eigenvalue weighted by molar-refractivity contribution is 9.10. The Morgan fingerprint density at radius 3 is 2.31 bits per heavy atom. The van der Waals surface area contributed by atoms with Gasteiger partial charge in [-0.15, -0.1) is 0 Å². The molecule has 0 bridgehead atoms. The quantitative estimate of drug-likeness (QED) is 0.771. The van der Waals surface area contributed by atoms with Gasteiger partial charge in [-0.05, 0) is 34.5 Å². The molecule has 2 rings (SSSR count). The molecule has 6 heteroatoms. The summed E-state index contributed by atoms with van der Waals surface area (Å²) in [7, 11) is 0. The van der Waals surface area contributed by atoms with E-state index in [1.54, 1.807) is 12.1 Å². The Labute approximate surface area is 111 Å². The van der Waals surface area contributed by atoms with Crippen LogP contribution in [0.15, 0.2) is 21.2 Å². The van der Waals surface area contributed by atoms with Crippen molar-refractivity contribution in [3.8, 4) is 11.6 Å². The van der Waals surface area contributed by atoms with E-state index < -0.39 is 0 Å². The van der Waals surface area contributed by atoms with Gasteiger partial charge in [-0.3, -0.25) is 0 Å². The minimum Gasteiger partial charge on any atom is -0.446 e. The van der Waals surface area contributed by atoms with Gasteiger partial charge in [0, 0.05) is 5.56 Å². The fraction of sp³-hybridized carbons (Fsp3) is 0.200. The maximum Gasteiger partial charge on any atom is 0.198 e. The SMILES string of the molecule is CCc1c(Cl)nc(-c2ccc(Br)o2)nc1Cl. The molecular formula is C10H7BrCl2N2O. The molecule has 0 N–H and O–H groups in total. The summed E-state index contributed by atoms with van der Waals surface area (Å²) in [5, 5.41) is 0.732. The first-order valence-electron chi connectivity index (χ1n) is 4.59. The highest BCUT2D eigenvalue weighted by Gasteiger charge is 2.13. The van der Waals surface area contributed by atoms with E-state index >= 15 is 0 Å². The molecule has 0 radical (unpaired) electrons. The molecule has 0 fully saturated rings. The summed E-state index contributed by atoms with van der Waals surface area (Å²) in [5.41, 5.74) is 0.748. The van der Waals surface area contributed by atoms with Crippen molar-refractivity contribution >= 4 is 39.1 Å². The van der Waals surface area contributed by atoms with Crippen LogP contribution in [0.5, 0.6) is 0 Å². The van der Waals surface area contributed by atoms with Crippen LogP contribution in [-0.2, 0) is 6.42 Å². The lowest BCUT2D eigenvalue weighted by Crippen LogP contribution is -1.95. The van der Waals surface area contributed by atoms with E-state index in [0.29, 0.717) is 33.0 Å². The maximum atomic E-state index is 6.00. The summed E-state index contributed by atoms with van der Waals surface area (Å²) in [6.07, 6.45) is 0.694. The molecule has 0 spiro atoms. The second kappa shape index (κ2) is 4.73. The van der Waals surface area contributed by atoms with Crippen LogP contribution in [0.4, 0.5) is 0 Å². The molecule has 3 nitrogen and oxygen atoms in total. The monoisotopic (exact) mass is 320 g/mol. The van der Waals surface area contributed by atoms with Crippen molar-refractivity contribution in [2.24, 2.45) is 0 Å². The summed E-state index contributed by atoms with van der Waals surface area (Å²) >= 11 is 15.2. The van der Waals surface area contributed by atoms with E-state index in [4.69, 9.17) is 27.6 Å². The van der Waals surface area contributed by atoms with Gasteiger partial charge in [0.15, 0.2) is 16.3 Å². The summed E-state index contributed by atoms with van der Waals surface area (Å²) in [6, 6.07) is 3.51. The summed E-state index contributed by atoms with van der Waals surface area (Å²) in [4.78, 5) is 8.29. The Morgan fingerprint density at radius 1 is 1.25 bits per heavy atom. The first kappa shape index (κ1) is 11.9. The minimum atomic E-state index is 0.366. The molecule has 2 aromatic rings. The molecule has 0 aliphatic carbocycles. The van der Waals surface area contributed by atoms with Gasteiger partial charge >= 0.3 is 0 Å². The number of nitrogens with zero attached hydrogens (tertiary/aromatic N) is 2. The Balaban J connectivity index is 2.52. The minimum absolute atomic E-state index is 0.366. The third-order valence-electron chi connectivity index (χ3n) is 2.05. The van der Waals surface area contributed by atoms with Crippen LogP contribution in [0.1, 0.15) is 12.5 Å². The Bertz CT molecular complexity index is 504. The molecule has 2 heterocycles. The van der Waals surface area contributed by atoms with Gasteiger partial charge < -0.3 is 4.42 Å². The van der Waals surface area contributed by atoms with Crippen LogP contribution >= 0.6 is 39.1 Å². The van der Waals surface area contributed by atoms with Gasteiger partial charge in [-0.2, -0.15) is 0 Å². The van der Waals surface area contributed by atoms with Crippen molar-refractivity contribution in [3.05, 3.63) is 32.7 Å². The van der Waals surface area contributed by atoms with Crippen molar-refractivity contribution in [2.45, 2.75) is 13.3 Å². The molecule has 0 aliphatic heterocycles. The molecule has 2 aromatic heterocycles. The van der Waals surface area contributed by atoms with Crippen LogP contribution < -0.4 is 0 Å². The zero-order valence-corrected chi connectivity index (χ0v) is 11.4. The number of furan rings is 1. The number of hydrogen-bond acceptors (Lipinski definition) is 3. The van der Waals surface area contributed by atoms with Crippen LogP contribution in [0.3, 0.4) is 0 Å². The lowest BCUT2D eigenvalue weighted by molar-refractivity contribution is 0.551. The molecule has 0 unspecified atom stereocenters. The molecule has 0 aromatic carbocycles. The largest absolute Gasteiger partial charge is 0.446 e. The van der Waals surface area contributed by atoms with Crippen LogP contribution in [0.2, 0.25) is 10.3 Å². The second-order valence-electron chi connectivity index (χ2n) is 3.06. The molecule has 0 saturated carbocycles. The van der Waals surface area contributed by atoms with Crippen molar-refractivity contribution in [1.82, 2.24) is 9.97 Å². The lowest BCUT2D eigenvalue weighted by Gasteiger charge is -2.04. The molecular weight excluding hydrogens is 315 g/mol. The highest BCUT2D eigenvalue weighted by atomic mass is 79.9. The predicted molar refractivity (Wildman–Crippen MR) is 66.8 cm³/mol. The first-order valence-corrected chi connectivity index (χ1v) is 6.14. The third kappa shape index (κ3) is 2.24. The average Bonchev–Trinajstić information content (AvgIpc) is 2.64. The van der Waals surface area contributed by atoms with E-state index in [2.05, 4.69) is 25.9 Å². The average molecular weight is 322 g/mol. The van der Waals surface area contributed by atoms with Crippen molar-refractivity contribution < 1.29 is 4.42 Å². The van der Waals surface area contributed by atoms with E-state index in [0.717, 1.165) is 5.56 Å². The van der Waals surface area contributed by atoms with E-state index in [-0.39, 0.29) is 0 Å². The summed E-state index contributed by atoms with van der Waals surface area (Å²) in [6.45, 7) is 1.94. The predicted octanol–water partition coefficient (Wildman–Crippen LogP) is 4.37. The normalized spacial score (nSPS) is 10.8. The Morgan fingerprint density at radius 2 is 1.88 bits per heavy atom. The summed E-state index contributed by atoms with van der Waals surface area (Å²) < 4.78 is 5.94. The number of rotatable bonds is 2. The number of aromatic nitrogens is 2. The molecule has 0 amide bonds. The zero-order valence-electron chi connectivity index (χ0n) is 8.30. The van der Waals surface area contributed by atoms with Gasteiger partial charge in [-0.25, -0.2) is 9.97 Å².